The molecule has 0 saturated heterocycles. The molecular weight excluding hydrogens is 73.1 g/mol. The standard InChI is InChI=1S/C6H14/c1-4-5-6(2)3/h6H,4-5H2,1-3H3/i4+1. The smallest absolute Gasteiger partial charge is 0.0471 e. The van der Waals surface area contributed by atoms with Gasteiger partial charge in [-0.1, -0.05) is 33.6 Å². The maximum Gasteiger partial charge on any atom is -0.0471 e. The zero-order valence-corrected chi connectivity index (χ0v) is 4.99. The molecule has 0 aromatic rings. The van der Waals surface area contributed by atoms with E-state index in [9.17, 15) is 0 Å². The van der Waals surface area contributed by atoms with E-state index < -0.39 is 0 Å². The zero-order valence-electron chi connectivity index (χ0n) is 4.99. The molecule has 38 valence electrons. The summed E-state index contributed by atoms with van der Waals surface area (Å²) in [5.41, 5.74) is 0. The molecule has 0 aromatic carbocycles. The Hall–Kier alpha value is 0. The minimum absolute atomic E-state index is 0.898. The third kappa shape index (κ3) is 4.00. The normalized spacial score (nSPS) is 10.0. The molecule has 0 aliphatic heterocycles. The Morgan fingerprint density at radius 3 is 1.83 bits per heavy atom. The molecule has 0 rings (SSSR count). The van der Waals surface area contributed by atoms with Crippen molar-refractivity contribution >= 4 is 0 Å². The predicted molar refractivity (Wildman–Crippen MR) is 29.7 cm³/mol. The molecule has 0 aliphatic carbocycles. The van der Waals surface area contributed by atoms with Crippen LogP contribution >= 0.6 is 0 Å². The van der Waals surface area contributed by atoms with Crippen LogP contribution in [-0.4, -0.2) is 0 Å². The molecule has 0 saturated carbocycles. The van der Waals surface area contributed by atoms with Crippen molar-refractivity contribution in [2.75, 3.05) is 0 Å². The first-order valence-corrected chi connectivity index (χ1v) is 2.77. The summed E-state index contributed by atoms with van der Waals surface area (Å²) in [5.74, 6) is 0.898. The summed E-state index contributed by atoms with van der Waals surface area (Å²) in [4.78, 5) is 0. The molecule has 6 heavy (non-hydrogen) atoms. The van der Waals surface area contributed by atoms with E-state index in [0.717, 1.165) is 5.92 Å². The van der Waals surface area contributed by atoms with Crippen LogP contribution in [0.3, 0.4) is 0 Å². The monoisotopic (exact) mass is 87.1 g/mol. The zero-order chi connectivity index (χ0) is 4.99. The van der Waals surface area contributed by atoms with Crippen LogP contribution in [0.2, 0.25) is 0 Å². The topological polar surface area (TPSA) is 0 Å². The second-order valence-corrected chi connectivity index (χ2v) is 2.18. The molecule has 0 radical (unpaired) electrons. The highest BCUT2D eigenvalue weighted by Crippen LogP contribution is 2.00. The lowest BCUT2D eigenvalue weighted by Gasteiger charge is -1.95. The summed E-state index contributed by atoms with van der Waals surface area (Å²) in [6, 6.07) is 0. The van der Waals surface area contributed by atoms with Gasteiger partial charge in [0.2, 0.25) is 0 Å². The Morgan fingerprint density at radius 2 is 1.83 bits per heavy atom. The molecule has 0 heteroatoms. The van der Waals surface area contributed by atoms with Gasteiger partial charge in [-0.2, -0.15) is 0 Å². The maximum absolute atomic E-state index is 2.25. The highest BCUT2D eigenvalue weighted by molar-refractivity contribution is 4.38. The summed E-state index contributed by atoms with van der Waals surface area (Å²) in [6.45, 7) is 6.73. The van der Waals surface area contributed by atoms with Gasteiger partial charge in [0.05, 0.1) is 0 Å². The summed E-state index contributed by atoms with van der Waals surface area (Å²) < 4.78 is 0. The number of hydrogen-bond donors (Lipinski definition) is 0. The van der Waals surface area contributed by atoms with Gasteiger partial charge in [0.1, 0.15) is 0 Å². The first kappa shape index (κ1) is 6.00. The summed E-state index contributed by atoms with van der Waals surface area (Å²) in [6.07, 6.45) is 2.71. The van der Waals surface area contributed by atoms with Gasteiger partial charge in [0, 0.05) is 0 Å². The van der Waals surface area contributed by atoms with Crippen LogP contribution < -0.4 is 0 Å². The van der Waals surface area contributed by atoms with Crippen LogP contribution in [0.5, 0.6) is 0 Å². The molecule has 0 spiro atoms. The lowest BCUT2D eigenvalue weighted by Crippen LogP contribution is -1.81. The van der Waals surface area contributed by atoms with Crippen LogP contribution in [-0.2, 0) is 0 Å². The number of rotatable bonds is 2. The molecule has 0 fully saturated rings. The lowest BCUT2D eigenvalue weighted by molar-refractivity contribution is 0.576. The fraction of sp³-hybridized carbons (Fsp3) is 1.00. The molecule has 0 bridgehead atoms. The van der Waals surface area contributed by atoms with Crippen molar-refractivity contribution < 1.29 is 0 Å². The van der Waals surface area contributed by atoms with Crippen LogP contribution in [0, 0.1) is 5.92 Å². The molecule has 0 N–H and O–H groups in total. The maximum atomic E-state index is 2.25. The quantitative estimate of drug-likeness (QED) is 0.454. The summed E-state index contributed by atoms with van der Waals surface area (Å²) in [5, 5.41) is 0. The Labute approximate surface area is 40.6 Å². The molecule has 0 aliphatic rings. The molecule has 0 atom stereocenters. The SMILES string of the molecule is C[13CH2]CC(C)C. The molecule has 0 nitrogen and oxygen atoms in total. The van der Waals surface area contributed by atoms with E-state index in [1.54, 1.807) is 0 Å². The Balaban J connectivity index is 2.63. The van der Waals surface area contributed by atoms with E-state index in [-0.39, 0.29) is 0 Å². The van der Waals surface area contributed by atoms with Gasteiger partial charge in [0.25, 0.3) is 0 Å². The number of hydrogen-bond acceptors (Lipinski definition) is 0. The average molecular weight is 87.2 g/mol. The second kappa shape index (κ2) is 3.20. The van der Waals surface area contributed by atoms with Gasteiger partial charge in [-0.25, -0.2) is 0 Å². The van der Waals surface area contributed by atoms with Gasteiger partial charge in [0.15, 0.2) is 0 Å². The minimum Gasteiger partial charge on any atom is -0.0654 e. The summed E-state index contributed by atoms with van der Waals surface area (Å²) in [7, 11) is 0. The average Bonchev–Trinajstić information content (AvgIpc) is 1.35. The third-order valence-corrected chi connectivity index (χ3v) is 0.866. The minimum atomic E-state index is 0.898. The van der Waals surface area contributed by atoms with Crippen LogP contribution in [0.1, 0.15) is 33.6 Å². The Kier molecular flexibility index (Phi) is 3.20. The van der Waals surface area contributed by atoms with Crippen molar-refractivity contribution in [3.8, 4) is 0 Å². The molecule has 0 heterocycles. The van der Waals surface area contributed by atoms with Gasteiger partial charge < -0.3 is 0 Å². The molecule has 0 unspecified atom stereocenters. The predicted octanol–water partition coefficient (Wildman–Crippen LogP) is 2.44. The molecule has 0 amide bonds. The molecule has 0 aromatic heterocycles. The largest absolute Gasteiger partial charge is 0.0654 e. The van der Waals surface area contributed by atoms with Gasteiger partial charge >= 0.3 is 0 Å². The van der Waals surface area contributed by atoms with E-state index in [4.69, 9.17) is 0 Å². The first-order valence-electron chi connectivity index (χ1n) is 2.77. The van der Waals surface area contributed by atoms with E-state index in [0.29, 0.717) is 0 Å². The van der Waals surface area contributed by atoms with Gasteiger partial charge in [-0.15, -0.1) is 0 Å². The fourth-order valence-electron chi connectivity index (χ4n) is 0.577. The highest BCUT2D eigenvalue weighted by Gasteiger charge is 1.85. The Bertz CT molecular complexity index is 21.2. The van der Waals surface area contributed by atoms with Crippen molar-refractivity contribution in [3.05, 3.63) is 0 Å². The Morgan fingerprint density at radius 1 is 1.33 bits per heavy atom. The van der Waals surface area contributed by atoms with Crippen molar-refractivity contribution in [2.24, 2.45) is 5.92 Å². The van der Waals surface area contributed by atoms with Gasteiger partial charge in [-0.05, 0) is 5.92 Å². The molecular formula is C6H14. The van der Waals surface area contributed by atoms with Crippen LogP contribution in [0.15, 0.2) is 0 Å². The first-order chi connectivity index (χ1) is 2.77. The third-order valence-electron chi connectivity index (χ3n) is 0.866. The second-order valence-electron chi connectivity index (χ2n) is 2.18. The van der Waals surface area contributed by atoms with Gasteiger partial charge in [-0.3, -0.25) is 0 Å². The van der Waals surface area contributed by atoms with E-state index in [1.165, 1.54) is 12.8 Å². The fourth-order valence-corrected chi connectivity index (χ4v) is 0.577. The highest BCUT2D eigenvalue weighted by atomic mass is 14.2. The lowest BCUT2D eigenvalue weighted by atomic mass is 10.2. The summed E-state index contributed by atoms with van der Waals surface area (Å²) >= 11 is 0. The van der Waals surface area contributed by atoms with Crippen molar-refractivity contribution in [1.29, 1.82) is 0 Å². The van der Waals surface area contributed by atoms with E-state index >= 15 is 0 Å². The van der Waals surface area contributed by atoms with E-state index in [1.807, 2.05) is 0 Å². The van der Waals surface area contributed by atoms with Crippen molar-refractivity contribution in [1.82, 2.24) is 0 Å². The van der Waals surface area contributed by atoms with Crippen LogP contribution in [0.25, 0.3) is 0 Å². The van der Waals surface area contributed by atoms with Crippen molar-refractivity contribution in [3.63, 3.8) is 0 Å². The van der Waals surface area contributed by atoms with Crippen LogP contribution in [0.4, 0.5) is 0 Å². The van der Waals surface area contributed by atoms with Crippen molar-refractivity contribution in [2.45, 2.75) is 33.6 Å². The van der Waals surface area contributed by atoms with E-state index in [2.05, 4.69) is 20.8 Å².